The van der Waals surface area contributed by atoms with Crippen LogP contribution in [-0.2, 0) is 20.1 Å². The van der Waals surface area contributed by atoms with Gasteiger partial charge in [-0.3, -0.25) is 4.85 Å². The van der Waals surface area contributed by atoms with Gasteiger partial charge in [-0.25, -0.2) is 10.1 Å². The van der Waals surface area contributed by atoms with Gasteiger partial charge in [0.05, 0.1) is 19.2 Å². The van der Waals surface area contributed by atoms with Crippen molar-refractivity contribution in [2.75, 3.05) is 0 Å². The molecule has 0 aliphatic rings. The largest absolute Gasteiger partial charge is 0.308 e. The summed E-state index contributed by atoms with van der Waals surface area (Å²) in [6, 6.07) is 24.2. The van der Waals surface area contributed by atoms with Gasteiger partial charge in [0.1, 0.15) is 11.5 Å². The van der Waals surface area contributed by atoms with E-state index >= 15 is 0 Å². The summed E-state index contributed by atoms with van der Waals surface area (Å²) in [5, 5.41) is 27.3. The van der Waals surface area contributed by atoms with Crippen LogP contribution in [0.1, 0.15) is 11.1 Å². The number of nitrogens with zero attached hydrogens (tertiary/aromatic N) is 7. The third kappa shape index (κ3) is 4.15. The Morgan fingerprint density at radius 2 is 1.53 bits per heavy atom. The summed E-state index contributed by atoms with van der Waals surface area (Å²) in [7, 11) is 0. The predicted octanol–water partition coefficient (Wildman–Crippen LogP) is 5.24. The first-order chi connectivity index (χ1) is 15.2. The molecule has 0 aliphatic heterocycles. The Morgan fingerprint density at radius 3 is 2.19 bits per heavy atom. The van der Waals surface area contributed by atoms with E-state index in [1.165, 1.54) is 12.1 Å². The van der Waals surface area contributed by atoms with Crippen LogP contribution >= 0.6 is 0 Å². The quantitative estimate of drug-likeness (QED) is 0.306. The number of para-hydroxylation sites is 1. The molecule has 1 heterocycles. The molecule has 0 amide bonds. The number of benzene rings is 3. The van der Waals surface area contributed by atoms with Crippen molar-refractivity contribution in [2.45, 2.75) is 0 Å². The number of hydrogen-bond acceptors (Lipinski definition) is 4. The molecule has 0 saturated carbocycles. The fourth-order valence-corrected chi connectivity index (χ4v) is 3.14. The Labute approximate surface area is 197 Å². The van der Waals surface area contributed by atoms with E-state index in [1.807, 2.05) is 36.4 Å². The van der Waals surface area contributed by atoms with Gasteiger partial charge in [-0.2, -0.15) is 10.4 Å². The van der Waals surface area contributed by atoms with Crippen molar-refractivity contribution in [1.82, 2.24) is 14.8 Å². The van der Waals surface area contributed by atoms with Crippen LogP contribution in [0.2, 0.25) is 0 Å². The maximum absolute atomic E-state index is 9.35. The Balaban J connectivity index is 0.00000289. The predicted molar refractivity (Wildman–Crippen MR) is 113 cm³/mol. The summed E-state index contributed by atoms with van der Waals surface area (Å²) in [6.45, 7) is 14.7. The molecule has 0 fully saturated rings. The van der Waals surface area contributed by atoms with E-state index < -0.39 is 0 Å². The molecule has 0 saturated heterocycles. The van der Waals surface area contributed by atoms with E-state index in [0.29, 0.717) is 34.0 Å². The minimum atomic E-state index is 0. The van der Waals surface area contributed by atoms with Crippen molar-refractivity contribution in [3.63, 3.8) is 0 Å². The molecule has 0 aliphatic carbocycles. The maximum Gasteiger partial charge on any atom is 0.189 e. The first-order valence-electron chi connectivity index (χ1n) is 8.96. The van der Waals surface area contributed by atoms with Crippen molar-refractivity contribution in [3.8, 4) is 40.6 Å². The first kappa shape index (κ1) is 22.1. The number of hydrogen-bond donors (Lipinski definition) is 0. The second-order valence-corrected chi connectivity index (χ2v) is 6.40. The van der Waals surface area contributed by atoms with Crippen molar-refractivity contribution >= 4 is 11.4 Å². The summed E-state index contributed by atoms with van der Waals surface area (Å²) in [4.78, 5) is 6.87. The minimum absolute atomic E-state index is 0. The minimum Gasteiger partial charge on any atom is -0.308 e. The summed E-state index contributed by atoms with van der Waals surface area (Å²) in [6.07, 6.45) is 0. The van der Waals surface area contributed by atoms with Gasteiger partial charge in [-0.1, -0.05) is 29.3 Å². The number of rotatable bonds is 3. The molecule has 0 spiro atoms. The molecule has 3 aromatic carbocycles. The molecule has 0 N–H and O–H groups in total. The maximum atomic E-state index is 9.35. The summed E-state index contributed by atoms with van der Waals surface area (Å²) >= 11 is 0. The van der Waals surface area contributed by atoms with E-state index in [9.17, 15) is 10.5 Å². The zero-order chi connectivity index (χ0) is 21.8. The average Bonchev–Trinajstić information content (AvgIpc) is 3.29. The third-order valence-corrected chi connectivity index (χ3v) is 4.46. The summed E-state index contributed by atoms with van der Waals surface area (Å²) < 4.78 is 1.75. The van der Waals surface area contributed by atoms with Crippen LogP contribution in [0.25, 0.3) is 38.2 Å². The van der Waals surface area contributed by atoms with Crippen LogP contribution in [0.4, 0.5) is 11.4 Å². The van der Waals surface area contributed by atoms with Gasteiger partial charge in [0.25, 0.3) is 0 Å². The van der Waals surface area contributed by atoms with Gasteiger partial charge in [-0.15, -0.1) is 23.3 Å². The Bertz CT molecular complexity index is 1320. The summed E-state index contributed by atoms with van der Waals surface area (Å²) in [5.74, 6) is 0.804. The van der Waals surface area contributed by atoms with Crippen LogP contribution in [0, 0.1) is 41.9 Å². The fraction of sp³-hybridized carbons (Fsp3) is 0. The van der Waals surface area contributed by atoms with E-state index in [0.717, 1.165) is 5.69 Å². The first-order valence-corrected chi connectivity index (χ1v) is 8.96. The van der Waals surface area contributed by atoms with E-state index in [4.69, 9.17) is 13.1 Å². The Kier molecular flexibility index (Phi) is 6.55. The van der Waals surface area contributed by atoms with Crippen LogP contribution in [0.15, 0.2) is 60.7 Å². The second-order valence-electron chi connectivity index (χ2n) is 6.40. The molecule has 0 unspecified atom stereocenters. The molecule has 151 valence electrons. The third-order valence-electron chi connectivity index (χ3n) is 4.46. The summed E-state index contributed by atoms with van der Waals surface area (Å²) in [5.41, 5.74) is 2.88. The zero-order valence-electron chi connectivity index (χ0n) is 16.2. The van der Waals surface area contributed by atoms with Gasteiger partial charge < -0.3 is 4.57 Å². The SMILES string of the molecule is [C-]#[N+]c1cc(C#N)[c-]c(-c2nnc(-c3cc(C#N)cc([N+]#[C-])c3)n2-c2ccccc2)c1.[Ir]. The topological polar surface area (TPSA) is 87.0 Å². The molecule has 0 atom stereocenters. The molecule has 4 aromatic rings. The van der Waals surface area contributed by atoms with Crippen LogP contribution in [0.5, 0.6) is 0 Å². The van der Waals surface area contributed by atoms with Crippen molar-refractivity contribution < 1.29 is 20.1 Å². The molecule has 0 bridgehead atoms. The standard InChI is InChI=1S/C24H10N7.Ir/c1-27-20-10-16(14-25)8-18(12-20)23-29-30-24(31(23)22-6-4-3-5-7-22)19-9-17(15-26)11-21(13-19)28-2;/h3-8,10-13H;/q-1;. The van der Waals surface area contributed by atoms with Crippen molar-refractivity contribution in [3.05, 3.63) is 101 Å². The zero-order valence-corrected chi connectivity index (χ0v) is 18.6. The van der Waals surface area contributed by atoms with Crippen LogP contribution in [-0.4, -0.2) is 14.8 Å². The van der Waals surface area contributed by atoms with Gasteiger partial charge in [0.2, 0.25) is 0 Å². The van der Waals surface area contributed by atoms with E-state index in [-0.39, 0.29) is 31.4 Å². The normalized spacial score (nSPS) is 9.50. The molecule has 4 rings (SSSR count). The number of aromatic nitrogens is 3. The number of nitriles is 2. The Morgan fingerprint density at radius 1 is 0.844 bits per heavy atom. The van der Waals surface area contributed by atoms with Crippen LogP contribution < -0.4 is 0 Å². The van der Waals surface area contributed by atoms with E-state index in [1.54, 1.807) is 22.8 Å². The van der Waals surface area contributed by atoms with E-state index in [2.05, 4.69) is 32.0 Å². The smallest absolute Gasteiger partial charge is 0.189 e. The van der Waals surface area contributed by atoms with Crippen molar-refractivity contribution in [1.29, 1.82) is 10.5 Å². The fourth-order valence-electron chi connectivity index (χ4n) is 3.14. The van der Waals surface area contributed by atoms with Gasteiger partial charge in [0.15, 0.2) is 11.5 Å². The molecular weight excluding hydrogens is 579 g/mol. The molecule has 1 radical (unpaired) electrons. The Hall–Kier alpha value is -4.59. The second kappa shape index (κ2) is 9.48. The molecule has 8 heteroatoms. The van der Waals surface area contributed by atoms with Gasteiger partial charge in [0, 0.05) is 36.9 Å². The average molecular weight is 589 g/mol. The van der Waals surface area contributed by atoms with Crippen molar-refractivity contribution in [2.24, 2.45) is 0 Å². The molecule has 1 aromatic heterocycles. The molecule has 7 nitrogen and oxygen atoms in total. The molecular formula is C24H10IrN7-. The van der Waals surface area contributed by atoms with Crippen LogP contribution in [0.3, 0.4) is 0 Å². The van der Waals surface area contributed by atoms with Gasteiger partial charge in [-0.05, 0) is 36.4 Å². The van der Waals surface area contributed by atoms with Gasteiger partial charge >= 0.3 is 0 Å². The molecule has 32 heavy (non-hydrogen) atoms. The monoisotopic (exact) mass is 589 g/mol.